The summed E-state index contributed by atoms with van der Waals surface area (Å²) in [6.07, 6.45) is 5.91. The third kappa shape index (κ3) is 12.2. The van der Waals surface area contributed by atoms with Crippen LogP contribution in [-0.2, 0) is 9.47 Å². The summed E-state index contributed by atoms with van der Waals surface area (Å²) in [6.45, 7) is 14.7. The van der Waals surface area contributed by atoms with Gasteiger partial charge in [0.1, 0.15) is 0 Å². The Bertz CT molecular complexity index is 349. The van der Waals surface area contributed by atoms with Crippen LogP contribution in [0.1, 0.15) is 71.9 Å². The quantitative estimate of drug-likeness (QED) is 0.513. The minimum Gasteiger partial charge on any atom is -0.353 e. The van der Waals surface area contributed by atoms with Crippen molar-refractivity contribution >= 4 is 0 Å². The van der Waals surface area contributed by atoms with E-state index in [0.717, 1.165) is 25.0 Å². The second kappa shape index (κ2) is 13.4. The molecule has 146 valence electrons. The fraction of sp³-hybridized carbons (Fsp3) is 0.739. The lowest BCUT2D eigenvalue weighted by Gasteiger charge is -2.24. The first-order valence-corrected chi connectivity index (χ1v) is 9.63. The van der Waals surface area contributed by atoms with Gasteiger partial charge in [-0.3, -0.25) is 0 Å². The number of benzene rings is 1. The largest absolute Gasteiger partial charge is 0.353 e. The molecule has 0 spiro atoms. The molecule has 1 heterocycles. The van der Waals surface area contributed by atoms with Crippen LogP contribution in [0.15, 0.2) is 24.3 Å². The third-order valence-corrected chi connectivity index (χ3v) is 4.75. The van der Waals surface area contributed by atoms with Gasteiger partial charge in [-0.05, 0) is 32.6 Å². The molecule has 0 bridgehead atoms. The molecule has 2 nitrogen and oxygen atoms in total. The van der Waals surface area contributed by atoms with E-state index in [0.29, 0.717) is 5.92 Å². The van der Waals surface area contributed by atoms with Gasteiger partial charge < -0.3 is 9.47 Å². The number of ether oxygens (including phenoxy) is 2. The van der Waals surface area contributed by atoms with E-state index in [2.05, 4.69) is 58.9 Å². The predicted octanol–water partition coefficient (Wildman–Crippen LogP) is 6.79. The van der Waals surface area contributed by atoms with E-state index in [9.17, 15) is 0 Å². The van der Waals surface area contributed by atoms with Crippen LogP contribution in [0.3, 0.4) is 0 Å². The van der Waals surface area contributed by atoms with Gasteiger partial charge in [0.05, 0.1) is 13.2 Å². The van der Waals surface area contributed by atoms with Gasteiger partial charge in [-0.2, -0.15) is 0 Å². The normalized spacial score (nSPS) is 28.4. The summed E-state index contributed by atoms with van der Waals surface area (Å²) in [7, 11) is 0. The highest BCUT2D eigenvalue weighted by atomic mass is 16.7. The first-order chi connectivity index (χ1) is 11.4. The molecule has 3 rings (SSSR count). The smallest absolute Gasteiger partial charge is 0.154 e. The van der Waals surface area contributed by atoms with Gasteiger partial charge in [0.15, 0.2) is 6.29 Å². The molecule has 2 fully saturated rings. The van der Waals surface area contributed by atoms with Crippen molar-refractivity contribution in [1.29, 1.82) is 0 Å². The molecule has 2 aliphatic rings. The van der Waals surface area contributed by atoms with E-state index in [1.807, 2.05) is 6.92 Å². The van der Waals surface area contributed by atoms with Gasteiger partial charge in [-0.25, -0.2) is 0 Å². The van der Waals surface area contributed by atoms with Gasteiger partial charge in [0.2, 0.25) is 0 Å². The van der Waals surface area contributed by atoms with Gasteiger partial charge in [0.25, 0.3) is 0 Å². The summed E-state index contributed by atoms with van der Waals surface area (Å²) in [5.41, 5.74) is 2.66. The highest BCUT2D eigenvalue weighted by Crippen LogP contribution is 2.27. The second-order valence-electron chi connectivity index (χ2n) is 7.86. The minimum atomic E-state index is 0. The van der Waals surface area contributed by atoms with Gasteiger partial charge in [-0.15, -0.1) is 0 Å². The van der Waals surface area contributed by atoms with Crippen LogP contribution in [0.5, 0.6) is 0 Å². The van der Waals surface area contributed by atoms with Crippen molar-refractivity contribution in [3.8, 4) is 0 Å². The summed E-state index contributed by atoms with van der Waals surface area (Å²) in [4.78, 5) is 0. The Morgan fingerprint density at radius 3 is 1.24 bits per heavy atom. The van der Waals surface area contributed by atoms with Crippen LogP contribution in [0.4, 0.5) is 0 Å². The lowest BCUT2D eigenvalue weighted by molar-refractivity contribution is -0.187. The zero-order valence-electron chi connectivity index (χ0n) is 16.7. The summed E-state index contributed by atoms with van der Waals surface area (Å²) < 4.78 is 10.3. The summed E-state index contributed by atoms with van der Waals surface area (Å²) >= 11 is 0. The van der Waals surface area contributed by atoms with Crippen LogP contribution < -0.4 is 0 Å². The van der Waals surface area contributed by atoms with Crippen molar-refractivity contribution in [2.45, 2.75) is 80.9 Å². The Morgan fingerprint density at radius 1 is 0.640 bits per heavy atom. The lowest BCUT2D eigenvalue weighted by Crippen LogP contribution is -2.27. The van der Waals surface area contributed by atoms with Crippen molar-refractivity contribution < 1.29 is 9.47 Å². The standard InChI is InChI=1S/C8H16.C8H10.C6H12O2.CH4/c2*1-7-3-5-8(2)6-4-7;1-5-3-7-6(2)8-4-5;/h7-8H,3-6H2,1-2H3;3-6H,1-2H3;5-6H,3-4H2,1-2H3;1H4. The van der Waals surface area contributed by atoms with Crippen LogP contribution in [-0.4, -0.2) is 19.5 Å². The first-order valence-electron chi connectivity index (χ1n) is 9.63. The summed E-state index contributed by atoms with van der Waals surface area (Å²) in [5, 5.41) is 0. The van der Waals surface area contributed by atoms with Crippen LogP contribution >= 0.6 is 0 Å². The molecule has 2 heteroatoms. The lowest BCUT2D eigenvalue weighted by atomic mass is 9.84. The fourth-order valence-corrected chi connectivity index (χ4v) is 2.76. The van der Waals surface area contributed by atoms with E-state index in [4.69, 9.17) is 9.47 Å². The number of rotatable bonds is 0. The predicted molar refractivity (Wildman–Crippen MR) is 110 cm³/mol. The van der Waals surface area contributed by atoms with Crippen molar-refractivity contribution in [3.63, 3.8) is 0 Å². The number of hydrogen-bond donors (Lipinski definition) is 0. The maximum Gasteiger partial charge on any atom is 0.154 e. The van der Waals surface area contributed by atoms with E-state index >= 15 is 0 Å². The Hall–Kier alpha value is -0.860. The summed E-state index contributed by atoms with van der Waals surface area (Å²) in [5.74, 6) is 2.61. The van der Waals surface area contributed by atoms with E-state index in [1.165, 1.54) is 36.8 Å². The van der Waals surface area contributed by atoms with Gasteiger partial charge >= 0.3 is 0 Å². The molecular formula is C23H42O2. The molecule has 0 N–H and O–H groups in total. The SMILES string of the molecule is C.CC1CCC(C)CC1.CC1COC(C)OC1.Cc1ccc(C)cc1. The molecule has 1 aliphatic carbocycles. The average Bonchev–Trinajstić information content (AvgIpc) is 2.57. The Morgan fingerprint density at radius 2 is 0.960 bits per heavy atom. The molecule has 0 unspecified atom stereocenters. The van der Waals surface area contributed by atoms with Crippen molar-refractivity contribution in [3.05, 3.63) is 35.4 Å². The van der Waals surface area contributed by atoms with Crippen molar-refractivity contribution in [1.82, 2.24) is 0 Å². The van der Waals surface area contributed by atoms with E-state index in [-0.39, 0.29) is 13.7 Å². The molecule has 0 amide bonds. The molecule has 1 aromatic carbocycles. The maximum atomic E-state index is 5.17. The molecule has 1 saturated carbocycles. The second-order valence-corrected chi connectivity index (χ2v) is 7.86. The molecule has 1 saturated heterocycles. The highest BCUT2D eigenvalue weighted by molar-refractivity contribution is 5.19. The van der Waals surface area contributed by atoms with Crippen molar-refractivity contribution in [2.75, 3.05) is 13.2 Å². The molecule has 0 aromatic heterocycles. The van der Waals surface area contributed by atoms with Crippen LogP contribution in [0, 0.1) is 31.6 Å². The third-order valence-electron chi connectivity index (χ3n) is 4.75. The molecule has 1 aliphatic heterocycles. The molecule has 0 atom stereocenters. The first kappa shape index (κ1) is 24.1. The summed E-state index contributed by atoms with van der Waals surface area (Å²) in [6, 6.07) is 8.48. The fourth-order valence-electron chi connectivity index (χ4n) is 2.76. The van der Waals surface area contributed by atoms with Crippen molar-refractivity contribution in [2.24, 2.45) is 17.8 Å². The topological polar surface area (TPSA) is 18.5 Å². The number of hydrogen-bond acceptors (Lipinski definition) is 2. The van der Waals surface area contributed by atoms with Crippen LogP contribution in [0.2, 0.25) is 0 Å². The molecule has 25 heavy (non-hydrogen) atoms. The maximum absolute atomic E-state index is 5.17. The minimum absolute atomic E-state index is 0. The van der Waals surface area contributed by atoms with E-state index in [1.54, 1.807) is 0 Å². The molecule has 1 aromatic rings. The number of aryl methyl sites for hydroxylation is 2. The van der Waals surface area contributed by atoms with Gasteiger partial charge in [0, 0.05) is 5.92 Å². The average molecular weight is 351 g/mol. The monoisotopic (exact) mass is 350 g/mol. The Labute approximate surface area is 157 Å². The zero-order valence-corrected chi connectivity index (χ0v) is 16.7. The van der Waals surface area contributed by atoms with Crippen LogP contribution in [0.25, 0.3) is 0 Å². The van der Waals surface area contributed by atoms with Gasteiger partial charge in [-0.1, -0.05) is 89.3 Å². The molecule has 0 radical (unpaired) electrons. The molecular weight excluding hydrogens is 308 g/mol. The Kier molecular flexibility index (Phi) is 12.9. The zero-order chi connectivity index (χ0) is 17.9. The highest BCUT2D eigenvalue weighted by Gasteiger charge is 2.14. The Balaban J connectivity index is 0.000000339. The van der Waals surface area contributed by atoms with E-state index < -0.39 is 0 Å².